The van der Waals surface area contributed by atoms with Gasteiger partial charge < -0.3 is 50.3 Å². The van der Waals surface area contributed by atoms with Crippen molar-refractivity contribution in [3.8, 4) is 17.2 Å². The molecule has 16 nitrogen and oxygen atoms in total. The van der Waals surface area contributed by atoms with Crippen molar-refractivity contribution >= 4 is 69.7 Å². The molecule has 0 saturated heterocycles. The third kappa shape index (κ3) is 15.2. The number of carboxylic acids is 2. The molecule has 0 radical (unpaired) electrons. The van der Waals surface area contributed by atoms with Crippen molar-refractivity contribution in [2.75, 3.05) is 13.2 Å². The van der Waals surface area contributed by atoms with E-state index in [4.69, 9.17) is 34.5 Å². The van der Waals surface area contributed by atoms with E-state index in [9.17, 15) is 33.9 Å². The van der Waals surface area contributed by atoms with Gasteiger partial charge in [-0.15, -0.1) is 34.0 Å². The molecule has 0 fully saturated rings. The molecule has 6 aromatic rings. The van der Waals surface area contributed by atoms with Crippen molar-refractivity contribution in [3.05, 3.63) is 151 Å². The van der Waals surface area contributed by atoms with Gasteiger partial charge in [-0.3, -0.25) is 14.4 Å². The van der Waals surface area contributed by atoms with Crippen molar-refractivity contribution in [2.45, 2.75) is 191 Å². The second-order valence-corrected chi connectivity index (χ2v) is 27.5. The van der Waals surface area contributed by atoms with Crippen LogP contribution >= 0.6 is 34.0 Å². The SMILES string of the molecule is CCOC(=O)C1(N)Cc2c(C)sc(C)c2C1.CCOC(=O)C1(NC(=O)c2cccc(C)c2OC(C)C)Cc2c(C)sc(C)c2C1.Cc1cccc(C(=O)NC2(C(=O)O)Cc3c(C)sc(C)c3C2)c1OC(C)C.Cc1cccc(C(=O)O)c1OC(C)C. The van der Waals surface area contributed by atoms with Crippen LogP contribution in [0, 0.1) is 62.3 Å². The lowest BCUT2D eigenvalue weighted by Gasteiger charge is -2.29. The first-order valence-electron chi connectivity index (χ1n) is 29.1. The second-order valence-electron chi connectivity index (χ2n) is 23.2. The largest absolute Gasteiger partial charge is 0.490 e. The highest BCUT2D eigenvalue weighted by Crippen LogP contribution is 2.43. The third-order valence-corrected chi connectivity index (χ3v) is 18.7. The number of aliphatic carboxylic acids is 1. The summed E-state index contributed by atoms with van der Waals surface area (Å²) in [5, 5.41) is 24.7. The van der Waals surface area contributed by atoms with Crippen LogP contribution in [-0.4, -0.2) is 94.0 Å². The first kappa shape index (κ1) is 68.1. The lowest BCUT2D eigenvalue weighted by Crippen LogP contribution is -2.56. The maximum atomic E-state index is 13.3. The molecule has 464 valence electrons. The van der Waals surface area contributed by atoms with Crippen LogP contribution < -0.4 is 30.6 Å². The number of esters is 2. The van der Waals surface area contributed by atoms with Crippen molar-refractivity contribution in [2.24, 2.45) is 5.73 Å². The fourth-order valence-corrected chi connectivity index (χ4v) is 14.5. The molecule has 3 heterocycles. The summed E-state index contributed by atoms with van der Waals surface area (Å²) in [5.41, 5.74) is 13.5. The molecule has 19 heteroatoms. The number of ether oxygens (including phenoxy) is 5. The standard InChI is InChI=1S/C23H29NO4S.C21H25NO4S.C12H17NO2S.C11H14O3/c1-7-27-22(26)23(11-18-15(5)29-16(6)19(18)12-23)24-21(25)17-10-8-9-14(4)20(17)28-13(2)3;1-11(2)26-18-12(3)7-6-8-15(18)19(23)22-21(20(24)25)9-16-13(4)27-14(5)17(16)10-21;1-4-15-11(14)12(13)5-9-7(2)16-8(3)10(9)6-12;1-7(2)14-10-8(3)5-4-6-9(10)11(12)13/h8-10,13H,7,11-12H2,1-6H3,(H,24,25);6-8,11H,9-10H2,1-5H3,(H,22,23)(H,24,25);4-6,13H2,1-3H3;4-7H,1-3H3,(H,12,13). The number of fused-ring (bicyclic) bond motifs is 3. The molecule has 9 rings (SSSR count). The van der Waals surface area contributed by atoms with Crippen LogP contribution in [0.15, 0.2) is 54.6 Å². The lowest BCUT2D eigenvalue weighted by molar-refractivity contribution is -0.150. The van der Waals surface area contributed by atoms with Gasteiger partial charge in [0, 0.05) is 67.8 Å². The first-order chi connectivity index (χ1) is 40.3. The zero-order valence-corrected chi connectivity index (χ0v) is 55.2. The summed E-state index contributed by atoms with van der Waals surface area (Å²) in [7, 11) is 0. The summed E-state index contributed by atoms with van der Waals surface area (Å²) in [6, 6.07) is 15.9. The molecule has 0 saturated carbocycles. The van der Waals surface area contributed by atoms with Crippen LogP contribution in [0.5, 0.6) is 17.2 Å². The van der Waals surface area contributed by atoms with Crippen LogP contribution in [0.2, 0.25) is 0 Å². The molecular weight excluding hydrogens is 1150 g/mol. The Labute approximate surface area is 518 Å². The van der Waals surface area contributed by atoms with Crippen LogP contribution in [-0.2, 0) is 62.4 Å². The van der Waals surface area contributed by atoms with Crippen LogP contribution in [0.25, 0.3) is 0 Å². The molecule has 3 aliphatic rings. The lowest BCUT2D eigenvalue weighted by atomic mass is 9.94. The minimum Gasteiger partial charge on any atom is -0.490 e. The number of rotatable bonds is 16. The summed E-state index contributed by atoms with van der Waals surface area (Å²) in [5.74, 6) is -1.82. The Morgan fingerprint density at radius 3 is 1.07 bits per heavy atom. The number of thiophene rings is 3. The van der Waals surface area contributed by atoms with Crippen molar-refractivity contribution in [1.82, 2.24) is 10.6 Å². The first-order valence-corrected chi connectivity index (χ1v) is 31.5. The highest BCUT2D eigenvalue weighted by molar-refractivity contribution is 7.12. The van der Waals surface area contributed by atoms with E-state index in [0.717, 1.165) is 48.7 Å². The minimum absolute atomic E-state index is 0.0193. The molecule has 0 bridgehead atoms. The van der Waals surface area contributed by atoms with Gasteiger partial charge in [0.15, 0.2) is 0 Å². The van der Waals surface area contributed by atoms with Gasteiger partial charge >= 0.3 is 23.9 Å². The van der Waals surface area contributed by atoms with Crippen LogP contribution in [0.3, 0.4) is 0 Å². The summed E-state index contributed by atoms with van der Waals surface area (Å²) in [6.45, 7) is 33.6. The highest BCUT2D eigenvalue weighted by Gasteiger charge is 2.50. The fraction of sp³-hybridized carbons (Fsp3) is 0.463. The Kier molecular flexibility index (Phi) is 22.3. The number of aryl methyl sites for hydroxylation is 9. The molecule has 86 heavy (non-hydrogen) atoms. The van der Waals surface area contributed by atoms with Gasteiger partial charge in [-0.25, -0.2) is 14.4 Å². The van der Waals surface area contributed by atoms with Gasteiger partial charge in [-0.2, -0.15) is 0 Å². The maximum absolute atomic E-state index is 13.3. The predicted octanol–water partition coefficient (Wildman–Crippen LogP) is 12.3. The van der Waals surface area contributed by atoms with E-state index in [0.29, 0.717) is 73.5 Å². The number of para-hydroxylation sites is 3. The third-order valence-electron chi connectivity index (χ3n) is 15.3. The quantitative estimate of drug-likeness (QED) is 0.0567. The number of carboxylic acid groups (broad SMARTS) is 2. The molecule has 3 aromatic heterocycles. The Morgan fingerprint density at radius 2 is 0.756 bits per heavy atom. The Bertz CT molecular complexity index is 3430. The van der Waals surface area contributed by atoms with E-state index < -0.39 is 34.5 Å². The van der Waals surface area contributed by atoms with E-state index >= 15 is 0 Å². The molecule has 0 atom stereocenters. The van der Waals surface area contributed by atoms with Gasteiger partial charge in [0.2, 0.25) is 0 Å². The van der Waals surface area contributed by atoms with E-state index in [1.165, 1.54) is 30.6 Å². The van der Waals surface area contributed by atoms with E-state index in [-0.39, 0.29) is 48.3 Å². The number of nitrogens with two attached hydrogens (primary N) is 1. The Morgan fingerprint density at radius 1 is 0.465 bits per heavy atom. The fourth-order valence-electron chi connectivity index (χ4n) is 11.2. The monoisotopic (exact) mass is 1240 g/mol. The van der Waals surface area contributed by atoms with Crippen LogP contribution in [0.4, 0.5) is 0 Å². The smallest absolute Gasteiger partial charge is 0.339 e. The molecule has 0 unspecified atom stereocenters. The molecule has 6 N–H and O–H groups in total. The van der Waals surface area contributed by atoms with Gasteiger partial charge in [-0.05, 0) is 186 Å². The number of carbonyl (C=O) groups excluding carboxylic acids is 4. The molecular formula is C67H85N3O13S3. The molecule has 2 amide bonds. The molecule has 3 aliphatic carbocycles. The topological polar surface area (TPSA) is 239 Å². The number of amides is 2. The predicted molar refractivity (Wildman–Crippen MR) is 340 cm³/mol. The molecule has 0 spiro atoms. The Hall–Kier alpha value is -7.06. The zero-order valence-electron chi connectivity index (χ0n) is 52.8. The summed E-state index contributed by atoms with van der Waals surface area (Å²) in [4.78, 5) is 81.4. The number of aromatic carboxylic acids is 1. The minimum atomic E-state index is -1.32. The molecule has 0 aliphatic heterocycles. The zero-order chi connectivity index (χ0) is 63.9. The van der Waals surface area contributed by atoms with Gasteiger partial charge in [0.05, 0.1) is 42.7 Å². The number of carbonyl (C=O) groups is 6. The number of benzene rings is 3. The summed E-state index contributed by atoms with van der Waals surface area (Å²) < 4.78 is 27.6. The number of nitrogens with one attached hydrogen (secondary N) is 2. The van der Waals surface area contributed by atoms with Gasteiger partial charge in [-0.1, -0.05) is 36.4 Å². The van der Waals surface area contributed by atoms with E-state index in [1.54, 1.807) is 71.3 Å². The van der Waals surface area contributed by atoms with E-state index in [2.05, 4.69) is 38.3 Å². The number of hydrogen-bond donors (Lipinski definition) is 5. The maximum Gasteiger partial charge on any atom is 0.339 e. The highest BCUT2D eigenvalue weighted by atomic mass is 32.1. The second kappa shape index (κ2) is 28.2. The normalized spacial score (nSPS) is 14.5. The average molecular weight is 1240 g/mol. The molecule has 3 aromatic carbocycles. The van der Waals surface area contributed by atoms with Crippen LogP contribution in [0.1, 0.15) is 166 Å². The Balaban J connectivity index is 0.000000191. The van der Waals surface area contributed by atoms with Gasteiger partial charge in [0.1, 0.15) is 39.4 Å². The summed E-state index contributed by atoms with van der Waals surface area (Å²) in [6.07, 6.45) is 2.60. The van der Waals surface area contributed by atoms with Crippen molar-refractivity contribution in [1.29, 1.82) is 0 Å². The number of hydrogen-bond acceptors (Lipinski definition) is 15. The summed E-state index contributed by atoms with van der Waals surface area (Å²) >= 11 is 5.21. The van der Waals surface area contributed by atoms with Gasteiger partial charge in [0.25, 0.3) is 11.8 Å². The van der Waals surface area contributed by atoms with Crippen molar-refractivity contribution in [3.63, 3.8) is 0 Å². The van der Waals surface area contributed by atoms with Crippen molar-refractivity contribution < 1.29 is 62.7 Å². The van der Waals surface area contributed by atoms with E-state index in [1.807, 2.05) is 107 Å². The average Bonchev–Trinajstić information content (AvgIpc) is 1.75.